The summed E-state index contributed by atoms with van der Waals surface area (Å²) in [5.74, 6) is 0.420. The van der Waals surface area contributed by atoms with Crippen molar-refractivity contribution in [3.63, 3.8) is 0 Å². The Balaban J connectivity index is 0.00000250. The van der Waals surface area contributed by atoms with Gasteiger partial charge in [-0.05, 0) is 106 Å². The summed E-state index contributed by atoms with van der Waals surface area (Å²) in [6, 6.07) is 26.2. The van der Waals surface area contributed by atoms with E-state index in [-0.39, 0.29) is 29.2 Å². The molecule has 47 heavy (non-hydrogen) atoms. The number of rotatable bonds is 8. The van der Waals surface area contributed by atoms with Crippen molar-refractivity contribution in [1.82, 2.24) is 14.7 Å². The van der Waals surface area contributed by atoms with Gasteiger partial charge in [-0.3, -0.25) is 9.59 Å². The average molecular weight is 701 g/mol. The van der Waals surface area contributed by atoms with E-state index in [1.54, 1.807) is 0 Å². The van der Waals surface area contributed by atoms with Crippen LogP contribution < -0.4 is 0 Å². The van der Waals surface area contributed by atoms with Gasteiger partial charge in [-0.1, -0.05) is 84.2 Å². The minimum Gasteiger partial charge on any atom is -0.412 e. The van der Waals surface area contributed by atoms with Crippen molar-refractivity contribution in [2.75, 3.05) is 45.8 Å². The lowest BCUT2D eigenvalue weighted by Crippen LogP contribution is -2.52. The monoisotopic (exact) mass is 699 g/mol. The molecule has 3 aromatic rings. The first kappa shape index (κ1) is 37.2. The third-order valence-electron chi connectivity index (χ3n) is 10.6. The molecular weight excluding hydrogens is 653 g/mol. The molecule has 3 aromatic carbocycles. The van der Waals surface area contributed by atoms with Gasteiger partial charge in [0.2, 0.25) is 5.91 Å². The van der Waals surface area contributed by atoms with Crippen LogP contribution in [0.25, 0.3) is 0 Å². The van der Waals surface area contributed by atoms with Crippen LogP contribution in [0.2, 0.25) is 10.0 Å². The Labute approximate surface area is 296 Å². The van der Waals surface area contributed by atoms with Gasteiger partial charge in [0.05, 0.1) is 15.5 Å². The Kier molecular flexibility index (Phi) is 13.2. The molecule has 1 atom stereocenters. The van der Waals surface area contributed by atoms with E-state index in [9.17, 15) is 9.59 Å². The van der Waals surface area contributed by atoms with Gasteiger partial charge < -0.3 is 20.2 Å². The number of carbonyl (C=O) groups excluding carboxylic acids is 2. The van der Waals surface area contributed by atoms with Gasteiger partial charge in [-0.2, -0.15) is 0 Å². The van der Waals surface area contributed by atoms with Gasteiger partial charge in [0.25, 0.3) is 5.91 Å². The highest BCUT2D eigenvalue weighted by atomic mass is 35.5. The molecule has 0 bridgehead atoms. The summed E-state index contributed by atoms with van der Waals surface area (Å²) in [5, 5.41) is 1.12. The smallest absolute Gasteiger partial charge is 0.253 e. The molecule has 3 aliphatic rings. The van der Waals surface area contributed by atoms with Crippen LogP contribution in [0.1, 0.15) is 79.3 Å². The highest BCUT2D eigenvalue weighted by molar-refractivity contribution is 6.42. The number of nitrogens with zero attached hydrogens (tertiary/aromatic N) is 3. The molecule has 0 spiro atoms. The Hall–Kier alpha value is -2.61. The first-order valence-electron chi connectivity index (χ1n) is 16.8. The number of benzene rings is 3. The zero-order chi connectivity index (χ0) is 31.3. The fraction of sp³-hybridized carbons (Fsp3) is 0.474. The molecule has 3 fully saturated rings. The molecule has 0 aromatic heterocycles. The second kappa shape index (κ2) is 16.7. The molecule has 0 radical (unpaired) electrons. The van der Waals surface area contributed by atoms with Crippen LogP contribution in [0.4, 0.5) is 0 Å². The molecule has 3 heterocycles. The molecule has 9 heteroatoms. The fourth-order valence-electron chi connectivity index (χ4n) is 8.04. The summed E-state index contributed by atoms with van der Waals surface area (Å²) in [6.07, 6.45) is 8.93. The molecule has 254 valence electrons. The van der Waals surface area contributed by atoms with Crippen molar-refractivity contribution in [2.45, 2.75) is 68.6 Å². The van der Waals surface area contributed by atoms with E-state index >= 15 is 0 Å². The molecule has 0 saturated carbocycles. The topological polar surface area (TPSA) is 75.4 Å². The van der Waals surface area contributed by atoms with E-state index in [4.69, 9.17) is 23.2 Å². The van der Waals surface area contributed by atoms with Gasteiger partial charge in [0, 0.05) is 37.2 Å². The van der Waals surface area contributed by atoms with Gasteiger partial charge in [-0.15, -0.1) is 12.4 Å². The average Bonchev–Trinajstić information content (AvgIpc) is 3.54. The molecule has 6 nitrogen and oxygen atoms in total. The number of amides is 2. The number of piperidine rings is 1. The third-order valence-corrected chi connectivity index (χ3v) is 11.4. The first-order valence-corrected chi connectivity index (χ1v) is 17.5. The second-order valence-corrected chi connectivity index (χ2v) is 14.2. The highest BCUT2D eigenvalue weighted by Gasteiger charge is 2.45. The van der Waals surface area contributed by atoms with Gasteiger partial charge in [0.1, 0.15) is 0 Å². The van der Waals surface area contributed by atoms with E-state index in [0.717, 1.165) is 103 Å². The maximum Gasteiger partial charge on any atom is 0.253 e. The van der Waals surface area contributed by atoms with Crippen LogP contribution in [-0.2, 0) is 15.6 Å². The minimum absolute atomic E-state index is 0. The number of carbonyl (C=O) groups is 2. The van der Waals surface area contributed by atoms with E-state index < -0.39 is 5.41 Å². The fourth-order valence-corrected chi connectivity index (χ4v) is 8.34. The maximum atomic E-state index is 14.0. The molecule has 2 amide bonds. The standard InChI is InChI=1S/C38H45Cl2N3O2.ClH.H2O/c39-33-17-16-32(28-34(33)40)37(18-7-8-25-43(29-37)35(44)30-12-3-1-4-13-30)19-11-22-41-26-20-38(21-27-41,31-14-5-2-6-15-31)36(45)42-23-9-10-24-42;;/h1-6,12-17,28H,7-11,18-27,29H2;1H;1H2. The summed E-state index contributed by atoms with van der Waals surface area (Å²) < 4.78 is 0. The summed E-state index contributed by atoms with van der Waals surface area (Å²) in [5.41, 5.74) is 2.44. The number of hydrogen-bond donors (Lipinski definition) is 0. The molecule has 6 rings (SSSR count). The molecule has 3 saturated heterocycles. The van der Waals surface area contributed by atoms with Gasteiger partial charge >= 0.3 is 0 Å². The van der Waals surface area contributed by atoms with Gasteiger partial charge in [-0.25, -0.2) is 0 Å². The Morgan fingerprint density at radius 2 is 1.30 bits per heavy atom. The first-order chi connectivity index (χ1) is 21.9. The summed E-state index contributed by atoms with van der Waals surface area (Å²) in [6.45, 7) is 5.99. The molecule has 0 aliphatic carbocycles. The van der Waals surface area contributed by atoms with Crippen LogP contribution in [0.5, 0.6) is 0 Å². The Morgan fingerprint density at radius 1 is 0.681 bits per heavy atom. The Morgan fingerprint density at radius 3 is 1.96 bits per heavy atom. The van der Waals surface area contributed by atoms with Crippen molar-refractivity contribution in [1.29, 1.82) is 0 Å². The maximum absolute atomic E-state index is 14.0. The SMILES string of the molecule is Cl.O.O=C(c1ccccc1)N1CCCCC(CCCN2CCC(C(=O)N3CCCC3)(c3ccccc3)CC2)(c2ccc(Cl)c(Cl)c2)C1. The van der Waals surface area contributed by atoms with E-state index in [1.807, 2.05) is 48.5 Å². The number of likely N-dealkylation sites (tertiary alicyclic amines) is 3. The summed E-state index contributed by atoms with van der Waals surface area (Å²) in [4.78, 5) is 34.4. The predicted octanol–water partition coefficient (Wildman–Crippen LogP) is 7.59. The minimum atomic E-state index is -0.428. The van der Waals surface area contributed by atoms with E-state index in [0.29, 0.717) is 22.5 Å². The van der Waals surface area contributed by atoms with Crippen molar-refractivity contribution in [3.05, 3.63) is 106 Å². The summed E-state index contributed by atoms with van der Waals surface area (Å²) in [7, 11) is 0. The molecule has 1 unspecified atom stereocenters. The number of hydrogen-bond acceptors (Lipinski definition) is 3. The Bertz CT molecular complexity index is 1460. The van der Waals surface area contributed by atoms with Crippen molar-refractivity contribution in [3.8, 4) is 0 Å². The van der Waals surface area contributed by atoms with Crippen molar-refractivity contribution < 1.29 is 15.1 Å². The zero-order valence-electron chi connectivity index (χ0n) is 27.1. The quantitative estimate of drug-likeness (QED) is 0.243. The predicted molar refractivity (Wildman–Crippen MR) is 194 cm³/mol. The summed E-state index contributed by atoms with van der Waals surface area (Å²) >= 11 is 12.9. The van der Waals surface area contributed by atoms with Crippen molar-refractivity contribution >= 4 is 47.4 Å². The van der Waals surface area contributed by atoms with E-state index in [1.165, 1.54) is 11.1 Å². The lowest BCUT2D eigenvalue weighted by atomic mass is 9.71. The lowest BCUT2D eigenvalue weighted by molar-refractivity contribution is -0.138. The van der Waals surface area contributed by atoms with Crippen LogP contribution in [-0.4, -0.2) is 77.8 Å². The largest absolute Gasteiger partial charge is 0.412 e. The van der Waals surface area contributed by atoms with Crippen LogP contribution >= 0.6 is 35.6 Å². The third kappa shape index (κ3) is 8.17. The van der Waals surface area contributed by atoms with Crippen LogP contribution in [0, 0.1) is 0 Å². The zero-order valence-corrected chi connectivity index (χ0v) is 29.5. The van der Waals surface area contributed by atoms with Crippen LogP contribution in [0.15, 0.2) is 78.9 Å². The number of halogens is 3. The molecule has 3 aliphatic heterocycles. The lowest BCUT2D eigenvalue weighted by Gasteiger charge is -2.43. The van der Waals surface area contributed by atoms with Gasteiger partial charge in [0.15, 0.2) is 0 Å². The normalized spacial score (nSPS) is 21.3. The molecular formula is C38H48Cl3N3O3. The second-order valence-electron chi connectivity index (χ2n) is 13.4. The van der Waals surface area contributed by atoms with E-state index in [2.05, 4.69) is 45.0 Å². The van der Waals surface area contributed by atoms with Crippen LogP contribution in [0.3, 0.4) is 0 Å². The molecule has 2 N–H and O–H groups in total. The van der Waals surface area contributed by atoms with Crippen molar-refractivity contribution in [2.24, 2.45) is 0 Å². The highest BCUT2D eigenvalue weighted by Crippen LogP contribution is 2.42.